The number of nitrogens with one attached hydrogen (secondary N) is 2. The van der Waals surface area contributed by atoms with E-state index in [1.54, 1.807) is 12.3 Å². The second-order valence-corrected chi connectivity index (χ2v) is 6.17. The largest absolute Gasteiger partial charge is 0.372 e. The number of nitrogens with zero attached hydrogens (tertiary/aromatic N) is 2. The second kappa shape index (κ2) is 5.20. The maximum absolute atomic E-state index is 12.3. The van der Waals surface area contributed by atoms with Gasteiger partial charge in [0.1, 0.15) is 5.00 Å². The zero-order chi connectivity index (χ0) is 14.1. The summed E-state index contributed by atoms with van der Waals surface area (Å²) in [4.78, 5) is 20.8. The number of hydrogen-bond acceptors (Lipinski definition) is 5. The zero-order valence-electron chi connectivity index (χ0n) is 11.4. The van der Waals surface area contributed by atoms with Crippen LogP contribution in [0.5, 0.6) is 0 Å². The minimum Gasteiger partial charge on any atom is -0.372 e. The Bertz CT molecular complexity index is 648. The Hall–Kier alpha value is -1.95. The van der Waals surface area contributed by atoms with Crippen LogP contribution in [0.15, 0.2) is 18.3 Å². The van der Waals surface area contributed by atoms with E-state index in [4.69, 9.17) is 0 Å². The molecule has 0 spiro atoms. The molecule has 1 amide bonds. The van der Waals surface area contributed by atoms with Crippen LogP contribution < -0.4 is 10.6 Å². The molecule has 6 heteroatoms. The minimum atomic E-state index is -0.178. The smallest absolute Gasteiger partial charge is 0.277 e. The van der Waals surface area contributed by atoms with Gasteiger partial charge in [0.2, 0.25) is 0 Å². The lowest BCUT2D eigenvalue weighted by atomic mass is 10.3. The van der Waals surface area contributed by atoms with Crippen LogP contribution in [0.25, 0.3) is 0 Å². The molecule has 1 fully saturated rings. The van der Waals surface area contributed by atoms with Crippen LogP contribution in [0.3, 0.4) is 0 Å². The molecule has 0 bridgehead atoms. The van der Waals surface area contributed by atoms with E-state index in [0.29, 0.717) is 11.7 Å². The number of hydrogen-bond donors (Lipinski definition) is 2. The van der Waals surface area contributed by atoms with E-state index in [2.05, 4.69) is 20.6 Å². The van der Waals surface area contributed by atoms with Crippen molar-refractivity contribution in [3.8, 4) is 0 Å². The van der Waals surface area contributed by atoms with E-state index in [0.717, 1.165) is 21.4 Å². The highest BCUT2D eigenvalue weighted by Crippen LogP contribution is 2.31. The number of amides is 1. The van der Waals surface area contributed by atoms with Gasteiger partial charge in [-0.1, -0.05) is 0 Å². The second-order valence-electron chi connectivity index (χ2n) is 4.97. The van der Waals surface area contributed by atoms with Gasteiger partial charge in [0.05, 0.1) is 5.01 Å². The van der Waals surface area contributed by atoms with Crippen molar-refractivity contribution in [3.05, 3.63) is 34.7 Å². The third-order valence-corrected chi connectivity index (χ3v) is 3.92. The molecule has 20 heavy (non-hydrogen) atoms. The first kappa shape index (κ1) is 13.1. The van der Waals surface area contributed by atoms with Crippen molar-refractivity contribution in [2.24, 2.45) is 0 Å². The molecule has 0 unspecified atom stereocenters. The van der Waals surface area contributed by atoms with Crippen molar-refractivity contribution in [1.82, 2.24) is 9.97 Å². The SMILES string of the molecule is Cc1cc(NC(=O)c2nc(C)sc2NC2CC2)ccn1. The molecule has 2 heterocycles. The molecule has 2 N–H and O–H groups in total. The first-order valence-corrected chi connectivity index (χ1v) is 7.41. The van der Waals surface area contributed by atoms with E-state index in [1.807, 2.05) is 19.9 Å². The molecule has 2 aromatic heterocycles. The Kier molecular flexibility index (Phi) is 3.40. The number of aromatic nitrogens is 2. The fourth-order valence-electron chi connectivity index (χ4n) is 1.91. The summed E-state index contributed by atoms with van der Waals surface area (Å²) in [6.45, 7) is 3.80. The van der Waals surface area contributed by atoms with Gasteiger partial charge in [0.15, 0.2) is 5.69 Å². The molecule has 0 radical (unpaired) electrons. The van der Waals surface area contributed by atoms with E-state index in [-0.39, 0.29) is 5.91 Å². The molecule has 3 rings (SSSR count). The molecule has 5 nitrogen and oxygen atoms in total. The average Bonchev–Trinajstić information content (AvgIpc) is 3.11. The molecule has 1 aliphatic rings. The van der Waals surface area contributed by atoms with Crippen LogP contribution >= 0.6 is 11.3 Å². The number of carbonyl (C=O) groups excluding carboxylic acids is 1. The molecule has 2 aromatic rings. The van der Waals surface area contributed by atoms with E-state index in [1.165, 1.54) is 24.2 Å². The summed E-state index contributed by atoms with van der Waals surface area (Å²) in [5.74, 6) is -0.178. The lowest BCUT2D eigenvalue weighted by Gasteiger charge is -2.06. The van der Waals surface area contributed by atoms with Crippen LogP contribution in [-0.2, 0) is 0 Å². The van der Waals surface area contributed by atoms with E-state index >= 15 is 0 Å². The molecule has 1 saturated carbocycles. The summed E-state index contributed by atoms with van der Waals surface area (Å²) in [6.07, 6.45) is 4.02. The fraction of sp³-hybridized carbons (Fsp3) is 0.357. The third kappa shape index (κ3) is 2.96. The van der Waals surface area contributed by atoms with Crippen molar-refractivity contribution in [2.45, 2.75) is 32.7 Å². The Morgan fingerprint density at radius 2 is 2.20 bits per heavy atom. The summed E-state index contributed by atoms with van der Waals surface area (Å²) in [6, 6.07) is 4.12. The highest BCUT2D eigenvalue weighted by atomic mass is 32.1. The number of anilines is 2. The number of pyridine rings is 1. The van der Waals surface area contributed by atoms with Crippen molar-refractivity contribution >= 4 is 27.9 Å². The van der Waals surface area contributed by atoms with Crippen molar-refractivity contribution in [2.75, 3.05) is 10.6 Å². The maximum Gasteiger partial charge on any atom is 0.277 e. The van der Waals surface area contributed by atoms with Crippen LogP contribution in [0.1, 0.15) is 34.0 Å². The van der Waals surface area contributed by atoms with Crippen LogP contribution in [0, 0.1) is 13.8 Å². The zero-order valence-corrected chi connectivity index (χ0v) is 12.3. The lowest BCUT2D eigenvalue weighted by Crippen LogP contribution is -2.15. The number of thiazole rings is 1. The van der Waals surface area contributed by atoms with Gasteiger partial charge in [-0.05, 0) is 38.8 Å². The number of carbonyl (C=O) groups is 1. The standard InChI is InChI=1S/C14H16N4OS/c1-8-7-11(5-6-15-8)17-13(19)12-14(18-10-3-4-10)20-9(2)16-12/h5-7,10,18H,3-4H2,1-2H3,(H,15,17,19). The van der Waals surface area contributed by atoms with Gasteiger partial charge in [0, 0.05) is 23.6 Å². The fourth-order valence-corrected chi connectivity index (χ4v) is 2.80. The highest BCUT2D eigenvalue weighted by molar-refractivity contribution is 7.16. The first-order chi connectivity index (χ1) is 9.61. The molecule has 0 saturated heterocycles. The normalized spacial score (nSPS) is 14.1. The van der Waals surface area contributed by atoms with Gasteiger partial charge in [-0.15, -0.1) is 11.3 Å². The molecular formula is C14H16N4OS. The predicted molar refractivity (Wildman–Crippen MR) is 80.4 cm³/mol. The third-order valence-electron chi connectivity index (χ3n) is 3.02. The number of rotatable bonds is 4. The summed E-state index contributed by atoms with van der Waals surface area (Å²) in [7, 11) is 0. The van der Waals surface area contributed by atoms with Gasteiger partial charge >= 0.3 is 0 Å². The number of aryl methyl sites for hydroxylation is 2. The predicted octanol–water partition coefficient (Wildman–Crippen LogP) is 2.98. The van der Waals surface area contributed by atoms with Gasteiger partial charge in [-0.2, -0.15) is 0 Å². The summed E-state index contributed by atoms with van der Waals surface area (Å²) in [5, 5.41) is 8.00. The maximum atomic E-state index is 12.3. The Labute approximate surface area is 121 Å². The molecule has 0 atom stereocenters. The van der Waals surface area contributed by atoms with Crippen LogP contribution in [-0.4, -0.2) is 21.9 Å². The van der Waals surface area contributed by atoms with Crippen LogP contribution in [0.2, 0.25) is 0 Å². The summed E-state index contributed by atoms with van der Waals surface area (Å²) in [5.41, 5.74) is 2.09. The molecular weight excluding hydrogens is 272 g/mol. The highest BCUT2D eigenvalue weighted by Gasteiger charge is 2.25. The Balaban J connectivity index is 1.79. The average molecular weight is 288 g/mol. The quantitative estimate of drug-likeness (QED) is 0.907. The van der Waals surface area contributed by atoms with E-state index in [9.17, 15) is 4.79 Å². The van der Waals surface area contributed by atoms with Gasteiger partial charge in [-0.3, -0.25) is 9.78 Å². The monoisotopic (exact) mass is 288 g/mol. The van der Waals surface area contributed by atoms with Gasteiger partial charge < -0.3 is 10.6 Å². The van der Waals surface area contributed by atoms with Crippen molar-refractivity contribution < 1.29 is 4.79 Å². The first-order valence-electron chi connectivity index (χ1n) is 6.60. The minimum absolute atomic E-state index is 0.178. The van der Waals surface area contributed by atoms with Crippen LogP contribution in [0.4, 0.5) is 10.7 Å². The van der Waals surface area contributed by atoms with Crippen molar-refractivity contribution in [3.63, 3.8) is 0 Å². The Morgan fingerprint density at radius 3 is 2.90 bits per heavy atom. The van der Waals surface area contributed by atoms with E-state index < -0.39 is 0 Å². The molecule has 0 aromatic carbocycles. The lowest BCUT2D eigenvalue weighted by molar-refractivity contribution is 0.102. The summed E-state index contributed by atoms with van der Waals surface area (Å²) >= 11 is 1.53. The Morgan fingerprint density at radius 1 is 1.40 bits per heavy atom. The summed E-state index contributed by atoms with van der Waals surface area (Å²) < 4.78 is 0. The molecule has 0 aliphatic heterocycles. The van der Waals surface area contributed by atoms with Gasteiger partial charge in [0.25, 0.3) is 5.91 Å². The topological polar surface area (TPSA) is 66.9 Å². The molecule has 1 aliphatic carbocycles. The van der Waals surface area contributed by atoms with Crippen molar-refractivity contribution in [1.29, 1.82) is 0 Å². The molecule has 104 valence electrons. The van der Waals surface area contributed by atoms with Gasteiger partial charge in [-0.25, -0.2) is 4.98 Å².